The second-order valence-corrected chi connectivity index (χ2v) is 9.06. The van der Waals surface area contributed by atoms with Gasteiger partial charge in [-0.2, -0.15) is 0 Å². The fourth-order valence-corrected chi connectivity index (χ4v) is 5.03. The van der Waals surface area contributed by atoms with Crippen LogP contribution in [0.5, 0.6) is 5.75 Å². The smallest absolute Gasteiger partial charge is 0.264 e. The number of ether oxygens (including phenoxy) is 1. The number of nitrogens with one attached hydrogen (secondary N) is 1. The third-order valence-corrected chi connectivity index (χ3v) is 6.92. The Morgan fingerprint density at radius 2 is 1.77 bits per heavy atom. The van der Waals surface area contributed by atoms with Crippen LogP contribution in [0.2, 0.25) is 0 Å². The van der Waals surface area contributed by atoms with E-state index in [2.05, 4.69) is 10.3 Å². The van der Waals surface area contributed by atoms with Crippen molar-refractivity contribution in [1.82, 2.24) is 10.3 Å². The van der Waals surface area contributed by atoms with Crippen LogP contribution in [0.15, 0.2) is 78.0 Å². The number of carbonyl (C=O) groups is 1. The molecule has 0 aliphatic carbocycles. The Bertz CT molecular complexity index is 1150. The quantitative estimate of drug-likeness (QED) is 0.614. The SMILES string of the molecule is O=C(COc1ccc(S(=O)(=O)N2CCCc3ccccc32)cc1)NCc1ccncc1. The van der Waals surface area contributed by atoms with Crippen molar-refractivity contribution in [3.8, 4) is 5.75 Å². The van der Waals surface area contributed by atoms with Gasteiger partial charge in [-0.1, -0.05) is 18.2 Å². The zero-order valence-electron chi connectivity index (χ0n) is 16.9. The lowest BCUT2D eigenvalue weighted by molar-refractivity contribution is -0.123. The molecule has 0 atom stereocenters. The highest BCUT2D eigenvalue weighted by atomic mass is 32.2. The van der Waals surface area contributed by atoms with Crippen molar-refractivity contribution in [2.75, 3.05) is 17.5 Å². The summed E-state index contributed by atoms with van der Waals surface area (Å²) in [5.74, 6) is 0.162. The fraction of sp³-hybridized carbons (Fsp3) is 0.217. The molecule has 1 aliphatic rings. The summed E-state index contributed by atoms with van der Waals surface area (Å²) in [5.41, 5.74) is 2.71. The van der Waals surface area contributed by atoms with Crippen molar-refractivity contribution >= 4 is 21.6 Å². The molecule has 4 rings (SSSR count). The standard InChI is InChI=1S/C23H23N3O4S/c27-23(25-16-18-11-13-24-14-12-18)17-30-20-7-9-21(10-8-20)31(28,29)26-15-3-5-19-4-1-2-6-22(19)26/h1-2,4,6-14H,3,5,15-17H2,(H,25,27). The van der Waals surface area contributed by atoms with Gasteiger partial charge in [-0.25, -0.2) is 8.42 Å². The van der Waals surface area contributed by atoms with Crippen LogP contribution in [0.1, 0.15) is 17.5 Å². The van der Waals surface area contributed by atoms with Crippen LogP contribution >= 0.6 is 0 Å². The Morgan fingerprint density at radius 3 is 2.55 bits per heavy atom. The average molecular weight is 438 g/mol. The molecule has 0 spiro atoms. The van der Waals surface area contributed by atoms with Gasteiger partial charge in [-0.15, -0.1) is 0 Å². The molecule has 0 fully saturated rings. The lowest BCUT2D eigenvalue weighted by atomic mass is 10.0. The van der Waals surface area contributed by atoms with E-state index >= 15 is 0 Å². The zero-order chi connectivity index (χ0) is 21.7. The molecule has 2 heterocycles. The summed E-state index contributed by atoms with van der Waals surface area (Å²) in [5, 5.41) is 2.76. The van der Waals surface area contributed by atoms with Crippen molar-refractivity contribution in [1.29, 1.82) is 0 Å². The summed E-state index contributed by atoms with van der Waals surface area (Å²) in [7, 11) is -3.67. The molecule has 0 unspecified atom stereocenters. The molecule has 0 saturated carbocycles. The number of benzene rings is 2. The summed E-state index contributed by atoms with van der Waals surface area (Å²) in [6.45, 7) is 0.686. The highest BCUT2D eigenvalue weighted by molar-refractivity contribution is 7.92. The van der Waals surface area contributed by atoms with E-state index in [0.29, 0.717) is 18.8 Å². The molecule has 1 amide bonds. The number of carbonyl (C=O) groups excluding carboxylic acids is 1. The first kappa shape index (κ1) is 20.9. The Kier molecular flexibility index (Phi) is 6.18. The molecule has 1 aliphatic heterocycles. The van der Waals surface area contributed by atoms with Gasteiger partial charge in [-0.05, 0) is 66.4 Å². The van der Waals surface area contributed by atoms with E-state index in [0.717, 1.165) is 29.7 Å². The van der Waals surface area contributed by atoms with Gasteiger partial charge in [-0.3, -0.25) is 14.1 Å². The third kappa shape index (κ3) is 4.86. The van der Waals surface area contributed by atoms with Gasteiger partial charge in [0.1, 0.15) is 5.75 Å². The summed E-state index contributed by atoms with van der Waals surface area (Å²) >= 11 is 0. The highest BCUT2D eigenvalue weighted by Crippen LogP contribution is 2.32. The number of para-hydroxylation sites is 1. The van der Waals surface area contributed by atoms with Crippen molar-refractivity contribution < 1.29 is 17.9 Å². The summed E-state index contributed by atoms with van der Waals surface area (Å²) in [6.07, 6.45) is 4.98. The third-order valence-electron chi connectivity index (χ3n) is 5.09. The molecule has 2 aromatic carbocycles. The molecule has 7 nitrogen and oxygen atoms in total. The first-order chi connectivity index (χ1) is 15.0. The number of anilines is 1. The van der Waals surface area contributed by atoms with Gasteiger partial charge in [0.25, 0.3) is 15.9 Å². The topological polar surface area (TPSA) is 88.6 Å². The molecule has 3 aromatic rings. The molecule has 31 heavy (non-hydrogen) atoms. The maximum Gasteiger partial charge on any atom is 0.264 e. The van der Waals surface area contributed by atoms with Crippen LogP contribution in [0, 0.1) is 0 Å². The number of rotatable bonds is 7. The second kappa shape index (κ2) is 9.18. The Balaban J connectivity index is 1.37. The predicted octanol–water partition coefficient (Wildman–Crippen LogP) is 2.92. The lowest BCUT2D eigenvalue weighted by Crippen LogP contribution is -2.35. The predicted molar refractivity (Wildman–Crippen MR) is 117 cm³/mol. The molecule has 8 heteroatoms. The lowest BCUT2D eigenvalue weighted by Gasteiger charge is -2.30. The summed E-state index contributed by atoms with van der Waals surface area (Å²) in [4.78, 5) is 16.1. The Hall–Kier alpha value is -3.39. The largest absolute Gasteiger partial charge is 0.484 e. The number of pyridine rings is 1. The normalized spacial score (nSPS) is 13.4. The Labute approximate surface area is 181 Å². The van der Waals surface area contributed by atoms with E-state index in [1.807, 2.05) is 36.4 Å². The van der Waals surface area contributed by atoms with Gasteiger partial charge >= 0.3 is 0 Å². The maximum atomic E-state index is 13.2. The van der Waals surface area contributed by atoms with E-state index in [9.17, 15) is 13.2 Å². The van der Waals surface area contributed by atoms with Crippen molar-refractivity contribution in [3.63, 3.8) is 0 Å². The van der Waals surface area contributed by atoms with Crippen LogP contribution in [0.3, 0.4) is 0 Å². The van der Waals surface area contributed by atoms with E-state index in [4.69, 9.17) is 4.74 Å². The average Bonchev–Trinajstić information content (AvgIpc) is 2.82. The van der Waals surface area contributed by atoms with Gasteiger partial charge in [0.05, 0.1) is 10.6 Å². The van der Waals surface area contributed by atoms with Crippen molar-refractivity contribution in [2.45, 2.75) is 24.3 Å². The number of aryl methyl sites for hydroxylation is 1. The number of sulfonamides is 1. The van der Waals surface area contributed by atoms with Crippen molar-refractivity contribution in [2.24, 2.45) is 0 Å². The minimum Gasteiger partial charge on any atom is -0.484 e. The maximum absolute atomic E-state index is 13.2. The van der Waals surface area contributed by atoms with Crippen LogP contribution in [0.25, 0.3) is 0 Å². The highest BCUT2D eigenvalue weighted by Gasteiger charge is 2.28. The number of fused-ring (bicyclic) bond motifs is 1. The van der Waals surface area contributed by atoms with Crippen LogP contribution < -0.4 is 14.4 Å². The minimum atomic E-state index is -3.67. The summed E-state index contributed by atoms with van der Waals surface area (Å²) < 4.78 is 33.3. The van der Waals surface area contributed by atoms with Gasteiger partial charge in [0.2, 0.25) is 0 Å². The molecule has 0 bridgehead atoms. The van der Waals surface area contributed by atoms with Gasteiger partial charge in [0.15, 0.2) is 6.61 Å². The zero-order valence-corrected chi connectivity index (χ0v) is 17.7. The number of nitrogens with zero attached hydrogens (tertiary/aromatic N) is 2. The molecule has 0 saturated heterocycles. The van der Waals surface area contributed by atoms with Crippen LogP contribution in [0.4, 0.5) is 5.69 Å². The monoisotopic (exact) mass is 437 g/mol. The fourth-order valence-electron chi connectivity index (χ4n) is 3.49. The number of aromatic nitrogens is 1. The summed E-state index contributed by atoms with van der Waals surface area (Å²) in [6, 6.07) is 17.4. The van der Waals surface area contributed by atoms with Crippen LogP contribution in [-0.4, -0.2) is 32.5 Å². The minimum absolute atomic E-state index is 0.156. The molecule has 1 aromatic heterocycles. The first-order valence-electron chi connectivity index (χ1n) is 10.0. The molecular weight excluding hydrogens is 414 g/mol. The Morgan fingerprint density at radius 1 is 1.03 bits per heavy atom. The molecule has 1 N–H and O–H groups in total. The van der Waals surface area contributed by atoms with E-state index in [1.54, 1.807) is 24.5 Å². The van der Waals surface area contributed by atoms with E-state index < -0.39 is 10.0 Å². The van der Waals surface area contributed by atoms with Crippen molar-refractivity contribution in [3.05, 3.63) is 84.2 Å². The van der Waals surface area contributed by atoms with E-state index in [-0.39, 0.29) is 17.4 Å². The number of hydrogen-bond donors (Lipinski definition) is 1. The number of amides is 1. The molecule has 160 valence electrons. The number of hydrogen-bond acceptors (Lipinski definition) is 5. The van der Waals surface area contributed by atoms with Gasteiger partial charge < -0.3 is 10.1 Å². The second-order valence-electron chi connectivity index (χ2n) is 7.20. The van der Waals surface area contributed by atoms with Gasteiger partial charge in [0, 0.05) is 25.5 Å². The first-order valence-corrected chi connectivity index (χ1v) is 11.5. The van der Waals surface area contributed by atoms with E-state index in [1.165, 1.54) is 16.4 Å². The van der Waals surface area contributed by atoms with Crippen LogP contribution in [-0.2, 0) is 27.8 Å². The molecule has 0 radical (unpaired) electrons. The molecular formula is C23H23N3O4S.